The lowest BCUT2D eigenvalue weighted by atomic mass is 10.2. The van der Waals surface area contributed by atoms with Gasteiger partial charge in [-0.3, -0.25) is 0 Å². The van der Waals surface area contributed by atoms with Crippen LogP contribution in [0.4, 0.5) is 0 Å². The third-order valence-corrected chi connectivity index (χ3v) is 2.70. The number of benzene rings is 1. The molecule has 1 aromatic carbocycles. The third kappa shape index (κ3) is 2.63. The molecule has 1 aliphatic carbocycles. The summed E-state index contributed by atoms with van der Waals surface area (Å²) in [7, 11) is 0. The van der Waals surface area contributed by atoms with Crippen LogP contribution in [0.25, 0.3) is 0 Å². The summed E-state index contributed by atoms with van der Waals surface area (Å²) in [5.74, 6) is 1.47. The van der Waals surface area contributed by atoms with Crippen molar-refractivity contribution in [3.05, 3.63) is 29.3 Å². The molecular weight excluding hydrogens is 198 g/mol. The minimum atomic E-state index is 0.175. The normalized spacial score (nSPS) is 17.9. The third-order valence-electron chi connectivity index (χ3n) is 2.47. The molecule has 1 unspecified atom stereocenters. The van der Waals surface area contributed by atoms with E-state index < -0.39 is 0 Å². The maximum atomic E-state index is 5.91. The smallest absolute Gasteiger partial charge is 0.120 e. The van der Waals surface area contributed by atoms with Crippen molar-refractivity contribution in [2.75, 3.05) is 6.61 Å². The molecule has 2 N–H and O–H groups in total. The molecule has 2 rings (SSSR count). The fourth-order valence-corrected chi connectivity index (χ4v) is 1.59. The molecule has 1 aromatic rings. The number of ether oxygens (including phenoxy) is 1. The van der Waals surface area contributed by atoms with Crippen LogP contribution in [0.3, 0.4) is 0 Å². The first-order valence-corrected chi connectivity index (χ1v) is 5.27. The van der Waals surface area contributed by atoms with Gasteiger partial charge < -0.3 is 10.5 Å². The lowest BCUT2D eigenvalue weighted by molar-refractivity contribution is 0.276. The van der Waals surface area contributed by atoms with Crippen LogP contribution in [-0.4, -0.2) is 12.6 Å². The van der Waals surface area contributed by atoms with Crippen LogP contribution in [0.5, 0.6) is 5.75 Å². The molecule has 1 aliphatic rings. The van der Waals surface area contributed by atoms with E-state index in [-0.39, 0.29) is 6.04 Å². The Balaban J connectivity index is 1.84. The van der Waals surface area contributed by atoms with Crippen molar-refractivity contribution < 1.29 is 4.74 Å². The van der Waals surface area contributed by atoms with Crippen LogP contribution < -0.4 is 10.5 Å². The largest absolute Gasteiger partial charge is 0.492 e. The van der Waals surface area contributed by atoms with Crippen molar-refractivity contribution in [2.45, 2.75) is 18.9 Å². The Morgan fingerprint density at radius 2 is 2.29 bits per heavy atom. The lowest BCUT2D eigenvalue weighted by Crippen LogP contribution is -2.29. The summed E-state index contributed by atoms with van der Waals surface area (Å²) in [6, 6.07) is 7.58. The second-order valence-corrected chi connectivity index (χ2v) is 4.21. The molecule has 0 aliphatic heterocycles. The quantitative estimate of drug-likeness (QED) is 0.831. The highest BCUT2D eigenvalue weighted by Crippen LogP contribution is 2.31. The van der Waals surface area contributed by atoms with E-state index in [0.29, 0.717) is 17.5 Å². The van der Waals surface area contributed by atoms with Crippen molar-refractivity contribution in [1.29, 1.82) is 0 Å². The first-order chi connectivity index (χ1) is 6.75. The van der Waals surface area contributed by atoms with Gasteiger partial charge in [0.15, 0.2) is 0 Å². The van der Waals surface area contributed by atoms with Crippen LogP contribution >= 0.6 is 11.6 Å². The van der Waals surface area contributed by atoms with Gasteiger partial charge in [-0.25, -0.2) is 0 Å². The fraction of sp³-hybridized carbons (Fsp3) is 0.455. The molecule has 1 saturated carbocycles. The molecule has 14 heavy (non-hydrogen) atoms. The molecule has 1 fully saturated rings. The van der Waals surface area contributed by atoms with Crippen LogP contribution in [0.15, 0.2) is 24.3 Å². The number of rotatable bonds is 4. The van der Waals surface area contributed by atoms with Gasteiger partial charge >= 0.3 is 0 Å². The van der Waals surface area contributed by atoms with Crippen molar-refractivity contribution in [3.63, 3.8) is 0 Å². The van der Waals surface area contributed by atoms with Crippen LogP contribution in [0, 0.1) is 5.92 Å². The van der Waals surface area contributed by atoms with E-state index in [1.54, 1.807) is 6.07 Å². The molecule has 0 aromatic heterocycles. The van der Waals surface area contributed by atoms with E-state index in [2.05, 4.69) is 0 Å². The van der Waals surface area contributed by atoms with E-state index in [0.717, 1.165) is 5.75 Å². The fourth-order valence-electron chi connectivity index (χ4n) is 1.41. The highest BCUT2D eigenvalue weighted by Gasteiger charge is 2.28. The highest BCUT2D eigenvalue weighted by molar-refractivity contribution is 6.30. The van der Waals surface area contributed by atoms with Crippen molar-refractivity contribution >= 4 is 11.6 Å². The second-order valence-electron chi connectivity index (χ2n) is 3.77. The summed E-state index contributed by atoms with van der Waals surface area (Å²) in [4.78, 5) is 0. The molecule has 0 saturated heterocycles. The summed E-state index contributed by atoms with van der Waals surface area (Å²) in [5, 5.41) is 0.697. The average molecular weight is 212 g/mol. The zero-order chi connectivity index (χ0) is 9.97. The Bertz CT molecular complexity index is 312. The van der Waals surface area contributed by atoms with E-state index in [1.165, 1.54) is 12.8 Å². The number of hydrogen-bond acceptors (Lipinski definition) is 2. The zero-order valence-corrected chi connectivity index (χ0v) is 8.70. The summed E-state index contributed by atoms with van der Waals surface area (Å²) in [6.07, 6.45) is 2.50. The zero-order valence-electron chi connectivity index (χ0n) is 7.95. The van der Waals surface area contributed by atoms with Gasteiger partial charge in [-0.05, 0) is 37.0 Å². The Morgan fingerprint density at radius 3 is 2.93 bits per heavy atom. The molecule has 2 nitrogen and oxygen atoms in total. The van der Waals surface area contributed by atoms with Gasteiger partial charge in [0.1, 0.15) is 12.4 Å². The van der Waals surface area contributed by atoms with Crippen molar-refractivity contribution in [3.8, 4) is 5.75 Å². The van der Waals surface area contributed by atoms with E-state index in [4.69, 9.17) is 22.1 Å². The van der Waals surface area contributed by atoms with Crippen molar-refractivity contribution in [2.24, 2.45) is 11.7 Å². The summed E-state index contributed by atoms with van der Waals surface area (Å²) in [5.41, 5.74) is 5.91. The van der Waals surface area contributed by atoms with E-state index in [9.17, 15) is 0 Å². The van der Waals surface area contributed by atoms with Gasteiger partial charge in [-0.1, -0.05) is 17.7 Å². The summed E-state index contributed by atoms with van der Waals surface area (Å²) in [6.45, 7) is 0.588. The molecule has 3 heteroatoms. The Kier molecular flexibility index (Phi) is 2.94. The Hall–Kier alpha value is -0.730. The standard InChI is InChI=1S/C11H14ClNO/c12-9-2-1-3-10(6-9)14-7-11(13)8-4-5-8/h1-3,6,8,11H,4-5,7,13H2. The second kappa shape index (κ2) is 4.20. The monoisotopic (exact) mass is 211 g/mol. The Morgan fingerprint density at radius 1 is 1.50 bits per heavy atom. The molecule has 76 valence electrons. The molecule has 0 bridgehead atoms. The average Bonchev–Trinajstić information content (AvgIpc) is 2.97. The first kappa shape index (κ1) is 9.81. The molecule has 0 amide bonds. The molecular formula is C11H14ClNO. The van der Waals surface area contributed by atoms with Gasteiger partial charge in [-0.2, -0.15) is 0 Å². The van der Waals surface area contributed by atoms with Gasteiger partial charge in [0, 0.05) is 11.1 Å². The molecule has 0 spiro atoms. The minimum Gasteiger partial charge on any atom is -0.492 e. The first-order valence-electron chi connectivity index (χ1n) is 4.89. The topological polar surface area (TPSA) is 35.2 Å². The van der Waals surface area contributed by atoms with Gasteiger partial charge in [0.25, 0.3) is 0 Å². The molecule has 0 heterocycles. The minimum absolute atomic E-state index is 0.175. The predicted molar refractivity (Wildman–Crippen MR) is 57.6 cm³/mol. The van der Waals surface area contributed by atoms with E-state index in [1.807, 2.05) is 18.2 Å². The summed E-state index contributed by atoms with van der Waals surface area (Å²) >= 11 is 5.82. The maximum absolute atomic E-state index is 5.91. The highest BCUT2D eigenvalue weighted by atomic mass is 35.5. The predicted octanol–water partition coefficient (Wildman–Crippen LogP) is 2.46. The summed E-state index contributed by atoms with van der Waals surface area (Å²) < 4.78 is 5.54. The van der Waals surface area contributed by atoms with Crippen LogP contribution in [0.2, 0.25) is 5.02 Å². The van der Waals surface area contributed by atoms with Gasteiger partial charge in [0.2, 0.25) is 0 Å². The van der Waals surface area contributed by atoms with Gasteiger partial charge in [-0.15, -0.1) is 0 Å². The Labute approximate surface area is 89.0 Å². The number of nitrogens with two attached hydrogens (primary N) is 1. The lowest BCUT2D eigenvalue weighted by Gasteiger charge is -2.11. The van der Waals surface area contributed by atoms with Crippen LogP contribution in [0.1, 0.15) is 12.8 Å². The van der Waals surface area contributed by atoms with E-state index >= 15 is 0 Å². The SMILES string of the molecule is NC(COc1cccc(Cl)c1)C1CC1. The van der Waals surface area contributed by atoms with Crippen molar-refractivity contribution in [1.82, 2.24) is 0 Å². The maximum Gasteiger partial charge on any atom is 0.120 e. The number of hydrogen-bond donors (Lipinski definition) is 1. The van der Waals surface area contributed by atoms with Crippen LogP contribution in [-0.2, 0) is 0 Å². The molecule has 1 atom stereocenters. The molecule has 0 radical (unpaired) electrons. The number of halogens is 1. The van der Waals surface area contributed by atoms with Gasteiger partial charge in [0.05, 0.1) is 0 Å².